The first-order chi connectivity index (χ1) is 8.19. The normalized spacial score (nSPS) is 17.6. The van der Waals surface area contributed by atoms with Crippen molar-refractivity contribution in [2.75, 3.05) is 13.2 Å². The number of nitrogens with one attached hydrogen (secondary N) is 1. The highest BCUT2D eigenvalue weighted by molar-refractivity contribution is 5.74. The molecule has 2 amide bonds. The molecule has 0 radical (unpaired) electrons. The summed E-state index contributed by atoms with van der Waals surface area (Å²) in [6.45, 7) is 3.92. The Morgan fingerprint density at radius 2 is 2.06 bits per heavy atom. The van der Waals surface area contributed by atoms with Crippen LogP contribution in [0.5, 0.6) is 0 Å². The highest BCUT2D eigenvalue weighted by atomic mass is 16.6. The maximum Gasteiger partial charge on any atom is 0.429 e. The number of nitrogens with zero attached hydrogens (tertiary/aromatic N) is 1. The summed E-state index contributed by atoms with van der Waals surface area (Å²) in [5.41, 5.74) is 2.39. The molecule has 0 saturated heterocycles. The van der Waals surface area contributed by atoms with Crippen molar-refractivity contribution in [1.29, 1.82) is 0 Å². The third-order valence-electron chi connectivity index (χ3n) is 2.27. The number of carbonyl (C=O) groups is 2. The molecule has 1 aliphatic rings. The molecule has 0 aromatic carbocycles. The number of hydrazine groups is 1. The fourth-order valence-electron chi connectivity index (χ4n) is 1.55. The highest BCUT2D eigenvalue weighted by Crippen LogP contribution is 2.15. The minimum atomic E-state index is -0.652. The van der Waals surface area contributed by atoms with Gasteiger partial charge in [-0.2, -0.15) is 0 Å². The van der Waals surface area contributed by atoms with Crippen LogP contribution in [0.15, 0.2) is 12.2 Å². The molecule has 1 atom stereocenters. The Morgan fingerprint density at radius 1 is 1.35 bits per heavy atom. The summed E-state index contributed by atoms with van der Waals surface area (Å²) < 4.78 is 9.61. The number of amides is 2. The van der Waals surface area contributed by atoms with Gasteiger partial charge in [0.05, 0.1) is 19.3 Å². The Bertz CT molecular complexity index is 304. The standard InChI is InChI=1S/C11H18N2O4/c1-3-16-10(14)12-13(11(15)17-4-2)9-7-5-6-8-9/h5,7,9H,3-4,6,8H2,1-2H3,(H,12,14). The van der Waals surface area contributed by atoms with Crippen molar-refractivity contribution in [3.8, 4) is 0 Å². The molecule has 0 aromatic rings. The third-order valence-corrected chi connectivity index (χ3v) is 2.27. The molecule has 0 aliphatic heterocycles. The second-order valence-corrected chi connectivity index (χ2v) is 3.47. The second kappa shape index (κ2) is 6.78. The van der Waals surface area contributed by atoms with E-state index in [-0.39, 0.29) is 19.3 Å². The van der Waals surface area contributed by atoms with Gasteiger partial charge in [-0.25, -0.2) is 20.0 Å². The van der Waals surface area contributed by atoms with Gasteiger partial charge in [-0.15, -0.1) is 0 Å². The molecular formula is C11H18N2O4. The Balaban J connectivity index is 2.61. The van der Waals surface area contributed by atoms with Crippen LogP contribution in [-0.2, 0) is 9.47 Å². The van der Waals surface area contributed by atoms with Crippen LogP contribution in [0.4, 0.5) is 9.59 Å². The van der Waals surface area contributed by atoms with Crippen LogP contribution in [-0.4, -0.2) is 36.5 Å². The number of rotatable bonds is 3. The van der Waals surface area contributed by atoms with E-state index in [2.05, 4.69) is 5.43 Å². The third kappa shape index (κ3) is 3.97. The van der Waals surface area contributed by atoms with Gasteiger partial charge < -0.3 is 9.47 Å². The molecule has 1 N–H and O–H groups in total. The van der Waals surface area contributed by atoms with Crippen molar-refractivity contribution >= 4 is 12.2 Å². The summed E-state index contributed by atoms with van der Waals surface area (Å²) in [6.07, 6.45) is 4.25. The number of allylic oxidation sites excluding steroid dienone is 1. The minimum absolute atomic E-state index is 0.168. The van der Waals surface area contributed by atoms with Gasteiger partial charge in [-0.3, -0.25) is 0 Å². The zero-order chi connectivity index (χ0) is 12.7. The van der Waals surface area contributed by atoms with Gasteiger partial charge in [0.1, 0.15) is 0 Å². The maximum atomic E-state index is 11.7. The first-order valence-corrected chi connectivity index (χ1v) is 5.75. The smallest absolute Gasteiger partial charge is 0.429 e. The molecule has 96 valence electrons. The minimum Gasteiger partial charge on any atom is -0.449 e. The van der Waals surface area contributed by atoms with Crippen LogP contribution >= 0.6 is 0 Å². The lowest BCUT2D eigenvalue weighted by Crippen LogP contribution is -2.51. The van der Waals surface area contributed by atoms with Crippen LogP contribution < -0.4 is 5.43 Å². The quantitative estimate of drug-likeness (QED) is 0.605. The lowest BCUT2D eigenvalue weighted by atomic mass is 10.2. The van der Waals surface area contributed by atoms with Crippen molar-refractivity contribution in [3.05, 3.63) is 12.2 Å². The summed E-state index contributed by atoms with van der Waals surface area (Å²) in [5.74, 6) is 0. The Kier molecular flexibility index (Phi) is 5.32. The molecule has 0 fully saturated rings. The average Bonchev–Trinajstić information content (AvgIpc) is 2.79. The number of carbonyl (C=O) groups excluding carboxylic acids is 2. The van der Waals surface area contributed by atoms with Gasteiger partial charge in [-0.1, -0.05) is 12.2 Å². The molecule has 0 spiro atoms. The van der Waals surface area contributed by atoms with E-state index in [1.807, 2.05) is 12.2 Å². The summed E-state index contributed by atoms with van der Waals surface area (Å²) in [5, 5.41) is 1.17. The second-order valence-electron chi connectivity index (χ2n) is 3.47. The van der Waals surface area contributed by atoms with Crippen LogP contribution in [0.1, 0.15) is 26.7 Å². The van der Waals surface area contributed by atoms with Crippen molar-refractivity contribution < 1.29 is 19.1 Å². The molecular weight excluding hydrogens is 224 g/mol. The molecule has 0 saturated carbocycles. The molecule has 0 heterocycles. The van der Waals surface area contributed by atoms with Crippen molar-refractivity contribution in [1.82, 2.24) is 10.4 Å². The van der Waals surface area contributed by atoms with Gasteiger partial charge in [0.25, 0.3) is 0 Å². The van der Waals surface area contributed by atoms with E-state index in [0.29, 0.717) is 0 Å². The SMILES string of the molecule is CCOC(=O)NN(C(=O)OCC)C1C=CCC1. The predicted octanol–water partition coefficient (Wildman–Crippen LogP) is 1.82. The first-order valence-electron chi connectivity index (χ1n) is 5.75. The number of hydrogen-bond donors (Lipinski definition) is 1. The maximum absolute atomic E-state index is 11.7. The lowest BCUT2D eigenvalue weighted by molar-refractivity contribution is 0.0634. The van der Waals surface area contributed by atoms with Crippen LogP contribution in [0.25, 0.3) is 0 Å². The number of hydrogen-bond acceptors (Lipinski definition) is 4. The highest BCUT2D eigenvalue weighted by Gasteiger charge is 2.26. The van der Waals surface area contributed by atoms with Gasteiger partial charge in [-0.05, 0) is 26.7 Å². The summed E-state index contributed by atoms with van der Waals surface area (Å²) >= 11 is 0. The van der Waals surface area contributed by atoms with Crippen molar-refractivity contribution in [3.63, 3.8) is 0 Å². The molecule has 0 bridgehead atoms. The molecule has 6 heteroatoms. The zero-order valence-corrected chi connectivity index (χ0v) is 10.1. The molecule has 1 aliphatic carbocycles. The molecule has 0 aromatic heterocycles. The molecule has 1 unspecified atom stereocenters. The van der Waals surface area contributed by atoms with Gasteiger partial charge in [0.15, 0.2) is 0 Å². The van der Waals surface area contributed by atoms with E-state index in [0.717, 1.165) is 12.8 Å². The summed E-state index contributed by atoms with van der Waals surface area (Å²) in [4.78, 5) is 23.0. The van der Waals surface area contributed by atoms with E-state index in [1.54, 1.807) is 13.8 Å². The van der Waals surface area contributed by atoms with Crippen molar-refractivity contribution in [2.24, 2.45) is 0 Å². The largest absolute Gasteiger partial charge is 0.449 e. The average molecular weight is 242 g/mol. The summed E-state index contributed by atoms with van der Waals surface area (Å²) in [6, 6.07) is -0.168. The predicted molar refractivity (Wildman–Crippen MR) is 61.2 cm³/mol. The van der Waals surface area contributed by atoms with Crippen LogP contribution in [0.3, 0.4) is 0 Å². The van der Waals surface area contributed by atoms with Crippen molar-refractivity contribution in [2.45, 2.75) is 32.7 Å². The van der Waals surface area contributed by atoms with E-state index in [9.17, 15) is 9.59 Å². The van der Waals surface area contributed by atoms with Crippen LogP contribution in [0.2, 0.25) is 0 Å². The lowest BCUT2D eigenvalue weighted by Gasteiger charge is -2.26. The fraction of sp³-hybridized carbons (Fsp3) is 0.636. The fourth-order valence-corrected chi connectivity index (χ4v) is 1.55. The van der Waals surface area contributed by atoms with E-state index in [1.165, 1.54) is 5.01 Å². The number of ether oxygens (including phenoxy) is 2. The summed E-state index contributed by atoms with van der Waals surface area (Å²) in [7, 11) is 0. The Morgan fingerprint density at radius 3 is 2.59 bits per heavy atom. The van der Waals surface area contributed by atoms with E-state index >= 15 is 0 Å². The molecule has 6 nitrogen and oxygen atoms in total. The molecule has 1 rings (SSSR count). The van der Waals surface area contributed by atoms with Gasteiger partial charge in [0.2, 0.25) is 0 Å². The van der Waals surface area contributed by atoms with E-state index in [4.69, 9.17) is 9.47 Å². The molecule has 17 heavy (non-hydrogen) atoms. The monoisotopic (exact) mass is 242 g/mol. The van der Waals surface area contributed by atoms with E-state index < -0.39 is 12.2 Å². The topological polar surface area (TPSA) is 67.9 Å². The van der Waals surface area contributed by atoms with Gasteiger partial charge >= 0.3 is 12.2 Å². The Labute approximate surface area is 101 Å². The zero-order valence-electron chi connectivity index (χ0n) is 10.1. The first kappa shape index (κ1) is 13.3. The van der Waals surface area contributed by atoms with Crippen LogP contribution in [0, 0.1) is 0 Å². The Hall–Kier alpha value is -1.72. The van der Waals surface area contributed by atoms with Gasteiger partial charge in [0, 0.05) is 0 Å².